The molecule has 0 amide bonds. The average Bonchev–Trinajstić information content (AvgIpc) is 1.92. The van der Waals surface area contributed by atoms with Crippen LogP contribution in [-0.2, 0) is 10.1 Å². The summed E-state index contributed by atoms with van der Waals surface area (Å²) in [5.74, 6) is -0.948. The van der Waals surface area contributed by atoms with Gasteiger partial charge in [-0.3, -0.25) is 4.55 Å². The molecule has 7 heteroatoms. The fourth-order valence-electron chi connectivity index (χ4n) is 0.709. The molecular weight excluding hydrogens is 224 g/mol. The molecule has 70 valence electrons. The molecule has 0 aliphatic carbocycles. The standard InChI is InChI=1S/C6H6O5S.Ca.2H/c7-4-1-2-5(8)6(3-4)12(9,10)11;;;/h1-3,7-8H,(H,9,10,11);;;. The second-order valence-electron chi connectivity index (χ2n) is 2.13. The number of benzene rings is 1. The first-order chi connectivity index (χ1) is 5.41. The van der Waals surface area contributed by atoms with Crippen molar-refractivity contribution in [2.75, 3.05) is 0 Å². The number of hydrogen-bond donors (Lipinski definition) is 3. The summed E-state index contributed by atoms with van der Waals surface area (Å²) >= 11 is 0. The van der Waals surface area contributed by atoms with Gasteiger partial charge in [0.15, 0.2) is 0 Å². The Morgan fingerprint density at radius 3 is 2.08 bits per heavy atom. The Morgan fingerprint density at radius 1 is 1.15 bits per heavy atom. The van der Waals surface area contributed by atoms with Gasteiger partial charge in [-0.2, -0.15) is 8.42 Å². The van der Waals surface area contributed by atoms with Crippen LogP contribution in [0.4, 0.5) is 0 Å². The van der Waals surface area contributed by atoms with Crippen molar-refractivity contribution < 1.29 is 23.2 Å². The summed E-state index contributed by atoms with van der Waals surface area (Å²) in [5.41, 5.74) is 0. The zero-order valence-corrected chi connectivity index (χ0v) is 6.61. The van der Waals surface area contributed by atoms with Gasteiger partial charge in [0.05, 0.1) is 0 Å². The van der Waals surface area contributed by atoms with Gasteiger partial charge >= 0.3 is 37.7 Å². The third-order valence-electron chi connectivity index (χ3n) is 1.22. The van der Waals surface area contributed by atoms with E-state index >= 15 is 0 Å². The molecule has 1 aromatic carbocycles. The van der Waals surface area contributed by atoms with Crippen molar-refractivity contribution in [1.29, 1.82) is 0 Å². The summed E-state index contributed by atoms with van der Waals surface area (Å²) in [4.78, 5) is -0.706. The molecular formula is C6H8CaO5S. The van der Waals surface area contributed by atoms with E-state index in [0.717, 1.165) is 18.2 Å². The molecule has 5 nitrogen and oxygen atoms in total. The molecule has 0 heterocycles. The Morgan fingerprint density at radius 2 is 1.69 bits per heavy atom. The van der Waals surface area contributed by atoms with Crippen LogP contribution in [0.3, 0.4) is 0 Å². The van der Waals surface area contributed by atoms with E-state index in [0.29, 0.717) is 0 Å². The molecule has 0 aliphatic rings. The summed E-state index contributed by atoms with van der Waals surface area (Å²) in [6, 6.07) is 2.83. The molecule has 1 rings (SSSR count). The van der Waals surface area contributed by atoms with Gasteiger partial charge in [-0.15, -0.1) is 0 Å². The molecule has 0 aromatic heterocycles. The van der Waals surface area contributed by atoms with Crippen LogP contribution in [0.5, 0.6) is 11.5 Å². The minimum atomic E-state index is -4.47. The van der Waals surface area contributed by atoms with E-state index in [9.17, 15) is 8.42 Å². The predicted octanol–water partition coefficient (Wildman–Crippen LogP) is -0.572. The van der Waals surface area contributed by atoms with Gasteiger partial charge in [0.25, 0.3) is 10.1 Å². The molecule has 0 spiro atoms. The molecule has 0 saturated carbocycles. The van der Waals surface area contributed by atoms with E-state index in [1.165, 1.54) is 0 Å². The van der Waals surface area contributed by atoms with Crippen molar-refractivity contribution in [3.05, 3.63) is 18.2 Å². The first-order valence-electron chi connectivity index (χ1n) is 2.91. The third kappa shape index (κ3) is 3.32. The van der Waals surface area contributed by atoms with Crippen LogP contribution >= 0.6 is 0 Å². The predicted molar refractivity (Wildman–Crippen MR) is 48.1 cm³/mol. The number of phenols is 2. The Balaban J connectivity index is 0.00000144. The second-order valence-corrected chi connectivity index (χ2v) is 3.52. The van der Waals surface area contributed by atoms with E-state index in [-0.39, 0.29) is 43.5 Å². The minimum absolute atomic E-state index is 0. The number of rotatable bonds is 1. The zero-order chi connectivity index (χ0) is 9.35. The van der Waals surface area contributed by atoms with E-state index in [1.807, 2.05) is 0 Å². The van der Waals surface area contributed by atoms with Crippen molar-refractivity contribution in [2.24, 2.45) is 0 Å². The quantitative estimate of drug-likeness (QED) is 0.342. The molecule has 0 aliphatic heterocycles. The van der Waals surface area contributed by atoms with E-state index in [1.54, 1.807) is 0 Å². The molecule has 0 bridgehead atoms. The van der Waals surface area contributed by atoms with Crippen molar-refractivity contribution in [3.63, 3.8) is 0 Å². The molecule has 0 radical (unpaired) electrons. The van der Waals surface area contributed by atoms with Crippen molar-refractivity contribution in [1.82, 2.24) is 0 Å². The first-order valence-corrected chi connectivity index (χ1v) is 4.35. The Hall–Kier alpha value is -0.0103. The van der Waals surface area contributed by atoms with Crippen molar-refractivity contribution in [2.45, 2.75) is 4.90 Å². The monoisotopic (exact) mass is 232 g/mol. The van der Waals surface area contributed by atoms with Gasteiger partial charge in [0, 0.05) is 6.07 Å². The van der Waals surface area contributed by atoms with Crippen LogP contribution in [0.1, 0.15) is 0 Å². The van der Waals surface area contributed by atoms with Crippen LogP contribution in [0.25, 0.3) is 0 Å². The van der Waals surface area contributed by atoms with Gasteiger partial charge in [-0.1, -0.05) is 0 Å². The molecule has 0 atom stereocenters. The van der Waals surface area contributed by atoms with Crippen LogP contribution in [0.2, 0.25) is 0 Å². The Labute approximate surface area is 105 Å². The molecule has 0 unspecified atom stereocenters. The number of aromatic hydroxyl groups is 2. The fraction of sp³-hybridized carbons (Fsp3) is 0. The summed E-state index contributed by atoms with van der Waals surface area (Å²) in [6.45, 7) is 0. The summed E-state index contributed by atoms with van der Waals surface area (Å²) in [6.07, 6.45) is 0. The average molecular weight is 232 g/mol. The maximum absolute atomic E-state index is 10.5. The van der Waals surface area contributed by atoms with Gasteiger partial charge in [0.1, 0.15) is 16.4 Å². The SMILES string of the molecule is O=S(=O)(O)c1cc(O)ccc1O.[CaH2]. The summed E-state index contributed by atoms with van der Waals surface area (Å²) in [7, 11) is -4.47. The first kappa shape index (κ1) is 13.0. The van der Waals surface area contributed by atoms with Crippen LogP contribution in [0.15, 0.2) is 23.1 Å². The van der Waals surface area contributed by atoms with E-state index < -0.39 is 20.8 Å². The van der Waals surface area contributed by atoms with E-state index in [2.05, 4.69) is 0 Å². The fourth-order valence-corrected chi connectivity index (χ4v) is 1.31. The van der Waals surface area contributed by atoms with Gasteiger partial charge in [-0.25, -0.2) is 0 Å². The van der Waals surface area contributed by atoms with Gasteiger partial charge < -0.3 is 10.2 Å². The molecule has 1 aromatic rings. The number of hydrogen-bond acceptors (Lipinski definition) is 4. The topological polar surface area (TPSA) is 94.8 Å². The van der Waals surface area contributed by atoms with Crippen LogP contribution < -0.4 is 0 Å². The molecule has 13 heavy (non-hydrogen) atoms. The second kappa shape index (κ2) is 4.47. The van der Waals surface area contributed by atoms with Crippen LogP contribution in [-0.4, -0.2) is 60.9 Å². The van der Waals surface area contributed by atoms with Gasteiger partial charge in [0.2, 0.25) is 0 Å². The number of phenolic OH excluding ortho intramolecular Hbond substituents is 2. The molecule has 3 N–H and O–H groups in total. The molecule has 0 fully saturated rings. The maximum atomic E-state index is 10.5. The van der Waals surface area contributed by atoms with Crippen LogP contribution in [0, 0.1) is 0 Å². The third-order valence-corrected chi connectivity index (χ3v) is 2.10. The summed E-state index contributed by atoms with van der Waals surface area (Å²) in [5, 5.41) is 17.7. The normalized spacial score (nSPS) is 10.5. The zero-order valence-electron chi connectivity index (χ0n) is 5.80. The van der Waals surface area contributed by atoms with Gasteiger partial charge in [-0.05, 0) is 12.1 Å². The van der Waals surface area contributed by atoms with E-state index in [4.69, 9.17) is 14.8 Å². The molecule has 0 saturated heterocycles. The summed E-state index contributed by atoms with van der Waals surface area (Å²) < 4.78 is 29.5. The Kier molecular flexibility index (Phi) is 4.47. The van der Waals surface area contributed by atoms with Crippen molar-refractivity contribution in [3.8, 4) is 11.5 Å². The van der Waals surface area contributed by atoms with Crippen molar-refractivity contribution >= 4 is 47.9 Å². The Bertz CT molecular complexity index is 399.